The molecule has 4 rings (SSSR count). The van der Waals surface area contributed by atoms with Gasteiger partial charge in [-0.15, -0.1) is 0 Å². The quantitative estimate of drug-likeness (QED) is 0.588. The van der Waals surface area contributed by atoms with Crippen molar-refractivity contribution in [1.29, 1.82) is 0 Å². The van der Waals surface area contributed by atoms with E-state index in [0.717, 1.165) is 34.3 Å². The van der Waals surface area contributed by atoms with Gasteiger partial charge in [0, 0.05) is 29.7 Å². The number of H-pyrrole nitrogens is 1. The first-order valence-corrected chi connectivity index (χ1v) is 10.1. The van der Waals surface area contributed by atoms with E-state index in [-0.39, 0.29) is 10.8 Å². The predicted molar refractivity (Wildman–Crippen MR) is 117 cm³/mol. The molecule has 2 heterocycles. The molecule has 8 heteroatoms. The lowest BCUT2D eigenvalue weighted by Gasteiger charge is -2.15. The average molecular weight is 421 g/mol. The molecule has 1 amide bonds. The number of aliphatic carboxylic acids is 1. The van der Waals surface area contributed by atoms with Gasteiger partial charge >= 0.3 is 5.97 Å². The fourth-order valence-corrected chi connectivity index (χ4v) is 4.28. The first-order chi connectivity index (χ1) is 14.6. The van der Waals surface area contributed by atoms with Crippen LogP contribution in [0.5, 0.6) is 5.75 Å². The number of nitrogens with one attached hydrogen (secondary N) is 1. The third-order valence-corrected chi connectivity index (χ3v) is 5.73. The summed E-state index contributed by atoms with van der Waals surface area (Å²) in [5.41, 5.74) is 2.68. The predicted octanol–water partition coefficient (Wildman–Crippen LogP) is 3.95. The summed E-state index contributed by atoms with van der Waals surface area (Å²) in [7, 11) is 1.55. The van der Waals surface area contributed by atoms with Gasteiger partial charge in [0.2, 0.25) is 0 Å². The molecule has 0 bridgehead atoms. The van der Waals surface area contributed by atoms with Gasteiger partial charge in [-0.2, -0.15) is 0 Å². The van der Waals surface area contributed by atoms with Crippen LogP contribution in [0.3, 0.4) is 0 Å². The van der Waals surface area contributed by atoms with E-state index >= 15 is 0 Å². The number of methoxy groups -OCH3 is 1. The molecular formula is C22H19N3O4S. The largest absolute Gasteiger partial charge is 0.494 e. The van der Waals surface area contributed by atoms with Gasteiger partial charge in [0.05, 0.1) is 12.0 Å². The fourth-order valence-electron chi connectivity index (χ4n) is 3.30. The van der Waals surface area contributed by atoms with Crippen LogP contribution in [0.2, 0.25) is 0 Å². The van der Waals surface area contributed by atoms with Crippen LogP contribution >= 0.6 is 11.8 Å². The highest BCUT2D eigenvalue weighted by atomic mass is 32.2. The molecule has 0 saturated carbocycles. The number of thioether (sulfide) groups is 1. The lowest BCUT2D eigenvalue weighted by Crippen LogP contribution is -2.31. The summed E-state index contributed by atoms with van der Waals surface area (Å²) in [5.74, 6) is -0.956. The summed E-state index contributed by atoms with van der Waals surface area (Å²) >= 11 is 1.05. The average Bonchev–Trinajstić information content (AvgIpc) is 3.28. The number of benzene rings is 2. The molecule has 2 aromatic carbocycles. The number of rotatable bonds is 6. The summed E-state index contributed by atoms with van der Waals surface area (Å²) in [5, 5.41) is 10.6. The lowest BCUT2D eigenvalue weighted by atomic mass is 10.1. The van der Waals surface area contributed by atoms with Crippen molar-refractivity contribution in [1.82, 2.24) is 9.88 Å². The topological polar surface area (TPSA) is 95.0 Å². The molecule has 1 saturated heterocycles. The number of carboxylic acid groups (broad SMARTS) is 1. The molecule has 0 aliphatic carbocycles. The standard InChI is InChI=1S/C22H19N3O4S/c1-29-18-9-5-4-8-17(18)24-22-25(21(28)19(30-22)12-20(26)27)11-10-14-13-23-16-7-3-2-6-15(14)16/h2-9,12-13,23H,10-11H2,1H3,(H,26,27)/b19-12-,24-22?. The Balaban J connectivity index is 1.65. The van der Waals surface area contributed by atoms with Crippen molar-refractivity contribution in [2.75, 3.05) is 13.7 Å². The minimum Gasteiger partial charge on any atom is -0.494 e. The van der Waals surface area contributed by atoms with Gasteiger partial charge < -0.3 is 14.8 Å². The summed E-state index contributed by atoms with van der Waals surface area (Å²) in [4.78, 5) is 33.5. The Morgan fingerprint density at radius 2 is 2.00 bits per heavy atom. The van der Waals surface area contributed by atoms with Gasteiger partial charge in [-0.3, -0.25) is 9.69 Å². The maximum absolute atomic E-state index is 12.9. The number of hydrogen-bond donors (Lipinski definition) is 2. The summed E-state index contributed by atoms with van der Waals surface area (Å²) in [6.07, 6.45) is 3.46. The maximum Gasteiger partial charge on any atom is 0.329 e. The highest BCUT2D eigenvalue weighted by molar-refractivity contribution is 8.18. The van der Waals surface area contributed by atoms with Crippen LogP contribution in [0.15, 0.2) is 70.7 Å². The first-order valence-electron chi connectivity index (χ1n) is 9.28. The molecule has 152 valence electrons. The van der Waals surface area contributed by atoms with E-state index < -0.39 is 5.97 Å². The molecule has 1 fully saturated rings. The van der Waals surface area contributed by atoms with Crippen molar-refractivity contribution in [3.05, 3.63) is 71.3 Å². The number of para-hydroxylation sites is 3. The molecule has 1 aromatic heterocycles. The number of ether oxygens (including phenoxy) is 1. The zero-order valence-corrected chi connectivity index (χ0v) is 17.0. The molecule has 0 radical (unpaired) electrons. The van der Waals surface area contributed by atoms with Crippen molar-refractivity contribution < 1.29 is 19.4 Å². The number of amidine groups is 1. The fraction of sp³-hybridized carbons (Fsp3) is 0.136. The molecule has 0 spiro atoms. The van der Waals surface area contributed by atoms with Crippen molar-refractivity contribution in [3.63, 3.8) is 0 Å². The molecule has 3 aromatic rings. The van der Waals surface area contributed by atoms with Crippen LogP contribution in [-0.2, 0) is 16.0 Å². The maximum atomic E-state index is 12.9. The van der Waals surface area contributed by atoms with Crippen LogP contribution in [0.4, 0.5) is 5.69 Å². The van der Waals surface area contributed by atoms with Gasteiger partial charge in [-0.25, -0.2) is 9.79 Å². The van der Waals surface area contributed by atoms with E-state index in [1.165, 1.54) is 4.90 Å². The summed E-state index contributed by atoms with van der Waals surface area (Å²) < 4.78 is 5.34. The van der Waals surface area contributed by atoms with Gasteiger partial charge in [-0.05, 0) is 41.9 Å². The Morgan fingerprint density at radius 3 is 2.80 bits per heavy atom. The molecular weight excluding hydrogens is 402 g/mol. The minimum atomic E-state index is -1.17. The van der Waals surface area contributed by atoms with Crippen LogP contribution in [-0.4, -0.2) is 45.7 Å². The van der Waals surface area contributed by atoms with Crippen LogP contribution < -0.4 is 4.74 Å². The van der Waals surface area contributed by atoms with E-state index in [2.05, 4.69) is 9.98 Å². The third-order valence-electron chi connectivity index (χ3n) is 4.72. The number of aliphatic imine (C=N–C) groups is 1. The third kappa shape index (κ3) is 3.95. The van der Waals surface area contributed by atoms with E-state index in [4.69, 9.17) is 9.84 Å². The number of fused-ring (bicyclic) bond motifs is 1. The highest BCUT2D eigenvalue weighted by Gasteiger charge is 2.34. The van der Waals surface area contributed by atoms with Crippen LogP contribution in [0, 0.1) is 0 Å². The minimum absolute atomic E-state index is 0.134. The zero-order chi connectivity index (χ0) is 21.1. The van der Waals surface area contributed by atoms with Crippen molar-refractivity contribution in [2.45, 2.75) is 6.42 Å². The number of carbonyl (C=O) groups excluding carboxylic acids is 1. The van der Waals surface area contributed by atoms with Crippen LogP contribution in [0.25, 0.3) is 10.9 Å². The molecule has 30 heavy (non-hydrogen) atoms. The number of aromatic amines is 1. The zero-order valence-electron chi connectivity index (χ0n) is 16.2. The number of nitrogens with zero attached hydrogens (tertiary/aromatic N) is 2. The smallest absolute Gasteiger partial charge is 0.329 e. The molecule has 0 unspecified atom stereocenters. The molecule has 1 aliphatic heterocycles. The Hall–Kier alpha value is -3.52. The van der Waals surface area contributed by atoms with E-state index in [9.17, 15) is 9.59 Å². The monoisotopic (exact) mass is 421 g/mol. The number of aromatic nitrogens is 1. The second kappa shape index (κ2) is 8.46. The van der Waals surface area contributed by atoms with E-state index in [1.54, 1.807) is 19.2 Å². The molecule has 0 atom stereocenters. The Bertz CT molecular complexity index is 1180. The Morgan fingerprint density at radius 1 is 1.23 bits per heavy atom. The van der Waals surface area contributed by atoms with Crippen molar-refractivity contribution in [2.24, 2.45) is 4.99 Å². The number of hydrogen-bond acceptors (Lipinski definition) is 5. The van der Waals surface area contributed by atoms with Gasteiger partial charge in [0.1, 0.15) is 11.4 Å². The SMILES string of the molecule is COc1ccccc1N=C1S/C(=C\C(=O)O)C(=O)N1CCc1c[nH]c2ccccc12. The highest BCUT2D eigenvalue weighted by Crippen LogP contribution is 2.35. The Labute approximate surface area is 177 Å². The van der Waals surface area contributed by atoms with Crippen molar-refractivity contribution in [3.8, 4) is 5.75 Å². The Kier molecular flexibility index (Phi) is 5.58. The summed E-state index contributed by atoms with van der Waals surface area (Å²) in [6, 6.07) is 15.2. The molecule has 2 N–H and O–H groups in total. The number of carbonyl (C=O) groups is 2. The normalized spacial score (nSPS) is 16.7. The van der Waals surface area contributed by atoms with Crippen LogP contribution in [0.1, 0.15) is 5.56 Å². The summed E-state index contributed by atoms with van der Waals surface area (Å²) in [6.45, 7) is 0.374. The van der Waals surface area contributed by atoms with E-state index in [1.807, 2.05) is 42.6 Å². The number of carboxylic acids is 1. The first kappa shape index (κ1) is 19.8. The van der Waals surface area contributed by atoms with Crippen molar-refractivity contribution >= 4 is 45.4 Å². The second-order valence-electron chi connectivity index (χ2n) is 6.58. The van der Waals surface area contributed by atoms with Gasteiger partial charge in [0.15, 0.2) is 5.17 Å². The van der Waals surface area contributed by atoms with E-state index in [0.29, 0.717) is 29.6 Å². The second-order valence-corrected chi connectivity index (χ2v) is 7.59. The lowest BCUT2D eigenvalue weighted by molar-refractivity contribution is -0.132. The molecule has 1 aliphatic rings. The molecule has 7 nitrogen and oxygen atoms in total. The van der Waals surface area contributed by atoms with Gasteiger partial charge in [-0.1, -0.05) is 30.3 Å². The number of amides is 1. The van der Waals surface area contributed by atoms with Gasteiger partial charge in [0.25, 0.3) is 5.91 Å².